The Kier molecular flexibility index (Phi) is 5.07. The number of aryl methyl sites for hydroxylation is 1. The molecule has 0 radical (unpaired) electrons. The first-order valence-electron chi connectivity index (χ1n) is 8.45. The van der Waals surface area contributed by atoms with E-state index in [-0.39, 0.29) is 17.1 Å². The number of halogens is 3. The second-order valence-electron chi connectivity index (χ2n) is 5.88. The van der Waals surface area contributed by atoms with E-state index >= 15 is 0 Å². The Hall–Kier alpha value is -2.69. The monoisotopic (exact) mass is 360 g/mol. The lowest BCUT2D eigenvalue weighted by molar-refractivity contribution is -0.185. The minimum Gasteiger partial charge on any atom is -0.494 e. The average Bonchev–Trinajstić information content (AvgIpc) is 2.61. The largest absolute Gasteiger partial charge is 0.494 e. The molecule has 0 N–H and O–H groups in total. The smallest absolute Gasteiger partial charge is 0.426 e. The Labute approximate surface area is 150 Å². The topological polar surface area (TPSA) is 18.5 Å². The maximum atomic E-state index is 14.4. The standard InChI is InChI=1S/C21H19F3O2/c1-3-14-11-15-5-8-19(12-16(15)13-20(14)22)26-21(23,24)17-6-9-18(10-7-17)25-4-2/h5-13H,3-4H2,1-2H3. The number of hydrogen-bond donors (Lipinski definition) is 0. The molecule has 0 aliphatic carbocycles. The van der Waals surface area contributed by atoms with Crippen molar-refractivity contribution in [3.63, 3.8) is 0 Å². The van der Waals surface area contributed by atoms with Crippen molar-refractivity contribution in [1.29, 1.82) is 0 Å². The van der Waals surface area contributed by atoms with Gasteiger partial charge in [0.15, 0.2) is 0 Å². The summed E-state index contributed by atoms with van der Waals surface area (Å²) in [6, 6.07) is 13.1. The Morgan fingerprint density at radius 2 is 1.54 bits per heavy atom. The van der Waals surface area contributed by atoms with E-state index in [1.165, 1.54) is 42.5 Å². The summed E-state index contributed by atoms with van der Waals surface area (Å²) in [6.45, 7) is 4.14. The fourth-order valence-corrected chi connectivity index (χ4v) is 2.75. The maximum absolute atomic E-state index is 14.4. The van der Waals surface area contributed by atoms with Crippen LogP contribution in [0.3, 0.4) is 0 Å². The van der Waals surface area contributed by atoms with Crippen LogP contribution in [0.2, 0.25) is 0 Å². The predicted molar refractivity (Wildman–Crippen MR) is 95.4 cm³/mol. The third-order valence-electron chi connectivity index (χ3n) is 4.11. The first-order chi connectivity index (χ1) is 12.4. The van der Waals surface area contributed by atoms with E-state index in [4.69, 9.17) is 9.47 Å². The average molecular weight is 360 g/mol. The zero-order valence-corrected chi connectivity index (χ0v) is 14.6. The normalized spacial score (nSPS) is 11.6. The Bertz CT molecular complexity index is 905. The molecule has 0 aromatic heterocycles. The highest BCUT2D eigenvalue weighted by Gasteiger charge is 2.34. The van der Waals surface area contributed by atoms with Crippen molar-refractivity contribution < 1.29 is 22.6 Å². The van der Waals surface area contributed by atoms with Gasteiger partial charge in [0.1, 0.15) is 17.3 Å². The summed E-state index contributed by atoms with van der Waals surface area (Å²) in [5, 5.41) is 1.29. The van der Waals surface area contributed by atoms with Gasteiger partial charge in [0.2, 0.25) is 0 Å². The van der Waals surface area contributed by atoms with Crippen LogP contribution in [-0.4, -0.2) is 6.61 Å². The van der Waals surface area contributed by atoms with Crippen LogP contribution in [-0.2, 0) is 12.5 Å². The van der Waals surface area contributed by atoms with Crippen molar-refractivity contribution in [2.45, 2.75) is 26.4 Å². The number of alkyl halides is 2. The van der Waals surface area contributed by atoms with E-state index in [1.807, 2.05) is 13.8 Å². The zero-order valence-electron chi connectivity index (χ0n) is 14.6. The van der Waals surface area contributed by atoms with E-state index in [2.05, 4.69) is 0 Å². The van der Waals surface area contributed by atoms with E-state index < -0.39 is 6.11 Å². The van der Waals surface area contributed by atoms with E-state index in [0.29, 0.717) is 29.7 Å². The van der Waals surface area contributed by atoms with Gasteiger partial charge in [-0.3, -0.25) is 0 Å². The number of ether oxygens (including phenoxy) is 2. The molecule has 0 bridgehead atoms. The highest BCUT2D eigenvalue weighted by molar-refractivity contribution is 5.84. The molecule has 3 aromatic rings. The maximum Gasteiger partial charge on any atom is 0.426 e. The Balaban J connectivity index is 1.86. The van der Waals surface area contributed by atoms with Gasteiger partial charge in [0.25, 0.3) is 0 Å². The van der Waals surface area contributed by atoms with Gasteiger partial charge in [-0.25, -0.2) is 4.39 Å². The molecule has 0 aliphatic heterocycles. The molecule has 0 amide bonds. The van der Waals surface area contributed by atoms with E-state index in [0.717, 1.165) is 5.39 Å². The third kappa shape index (κ3) is 3.77. The number of fused-ring (bicyclic) bond motifs is 1. The lowest BCUT2D eigenvalue weighted by Gasteiger charge is -2.19. The summed E-state index contributed by atoms with van der Waals surface area (Å²) in [5.74, 6) is 0.135. The molecule has 5 heteroatoms. The first kappa shape index (κ1) is 18.1. The highest BCUT2D eigenvalue weighted by Crippen LogP contribution is 2.34. The summed E-state index contributed by atoms with van der Waals surface area (Å²) < 4.78 is 52.9. The molecule has 0 unspecified atom stereocenters. The molecule has 0 heterocycles. The van der Waals surface area contributed by atoms with Crippen LogP contribution in [0.15, 0.2) is 54.6 Å². The molecule has 0 atom stereocenters. The van der Waals surface area contributed by atoms with Gasteiger partial charge in [-0.1, -0.05) is 13.0 Å². The van der Waals surface area contributed by atoms with Crippen molar-refractivity contribution >= 4 is 10.8 Å². The van der Waals surface area contributed by atoms with Crippen LogP contribution >= 0.6 is 0 Å². The molecular weight excluding hydrogens is 341 g/mol. The van der Waals surface area contributed by atoms with Gasteiger partial charge < -0.3 is 9.47 Å². The van der Waals surface area contributed by atoms with Gasteiger partial charge in [-0.15, -0.1) is 0 Å². The summed E-state index contributed by atoms with van der Waals surface area (Å²) >= 11 is 0. The first-order valence-corrected chi connectivity index (χ1v) is 8.45. The molecule has 0 aliphatic rings. The minimum atomic E-state index is -3.51. The second kappa shape index (κ2) is 7.28. The second-order valence-corrected chi connectivity index (χ2v) is 5.88. The number of benzene rings is 3. The van der Waals surface area contributed by atoms with Gasteiger partial charge in [0, 0.05) is 0 Å². The van der Waals surface area contributed by atoms with Crippen molar-refractivity contribution in [2.24, 2.45) is 0 Å². The van der Waals surface area contributed by atoms with Crippen LogP contribution in [0.5, 0.6) is 11.5 Å². The molecular formula is C21H19F3O2. The molecule has 0 spiro atoms. The zero-order chi connectivity index (χ0) is 18.7. The molecule has 3 aromatic carbocycles. The number of hydrogen-bond acceptors (Lipinski definition) is 2. The van der Waals surface area contributed by atoms with E-state index in [1.54, 1.807) is 12.1 Å². The van der Waals surface area contributed by atoms with Crippen molar-refractivity contribution in [2.75, 3.05) is 6.61 Å². The van der Waals surface area contributed by atoms with Gasteiger partial charge in [0.05, 0.1) is 12.2 Å². The quantitative estimate of drug-likeness (QED) is 0.531. The third-order valence-corrected chi connectivity index (χ3v) is 4.11. The predicted octanol–water partition coefficient (Wildman–Crippen LogP) is 6.07. The molecule has 136 valence electrons. The van der Waals surface area contributed by atoms with Crippen LogP contribution < -0.4 is 9.47 Å². The van der Waals surface area contributed by atoms with Crippen LogP contribution in [0, 0.1) is 5.82 Å². The molecule has 2 nitrogen and oxygen atoms in total. The summed E-state index contributed by atoms with van der Waals surface area (Å²) in [7, 11) is 0. The summed E-state index contributed by atoms with van der Waals surface area (Å²) in [6.07, 6.45) is -2.95. The molecule has 0 saturated carbocycles. The summed E-state index contributed by atoms with van der Waals surface area (Å²) in [4.78, 5) is 0. The van der Waals surface area contributed by atoms with Crippen LogP contribution in [0.4, 0.5) is 13.2 Å². The van der Waals surface area contributed by atoms with Crippen LogP contribution in [0.25, 0.3) is 10.8 Å². The molecule has 0 saturated heterocycles. The lowest BCUT2D eigenvalue weighted by atomic mass is 10.0. The summed E-state index contributed by atoms with van der Waals surface area (Å²) in [5.41, 5.74) is 0.305. The van der Waals surface area contributed by atoms with Crippen molar-refractivity contribution in [3.05, 3.63) is 71.5 Å². The minimum absolute atomic E-state index is 0.0277. The number of rotatable bonds is 6. The molecule has 26 heavy (non-hydrogen) atoms. The Morgan fingerprint density at radius 1 is 0.846 bits per heavy atom. The Morgan fingerprint density at radius 3 is 2.19 bits per heavy atom. The van der Waals surface area contributed by atoms with Gasteiger partial charge in [-0.2, -0.15) is 8.78 Å². The fourth-order valence-electron chi connectivity index (χ4n) is 2.75. The van der Waals surface area contributed by atoms with Gasteiger partial charge >= 0.3 is 6.11 Å². The van der Waals surface area contributed by atoms with Gasteiger partial charge in [-0.05, 0) is 78.2 Å². The van der Waals surface area contributed by atoms with E-state index in [9.17, 15) is 13.2 Å². The van der Waals surface area contributed by atoms with Crippen molar-refractivity contribution in [3.8, 4) is 11.5 Å². The molecule has 0 fully saturated rings. The lowest BCUT2D eigenvalue weighted by Crippen LogP contribution is -2.21. The molecule has 3 rings (SSSR count). The SMILES string of the molecule is CCOc1ccc(C(F)(F)Oc2ccc3cc(CC)c(F)cc3c2)cc1. The van der Waals surface area contributed by atoms with Crippen LogP contribution in [0.1, 0.15) is 25.0 Å². The highest BCUT2D eigenvalue weighted by atomic mass is 19.3. The van der Waals surface area contributed by atoms with Crippen molar-refractivity contribution in [1.82, 2.24) is 0 Å². The fraction of sp³-hybridized carbons (Fsp3) is 0.238.